The van der Waals surface area contributed by atoms with E-state index in [0.29, 0.717) is 20.1 Å². The van der Waals surface area contributed by atoms with Gasteiger partial charge in [-0.3, -0.25) is 0 Å². The molecule has 0 atom stereocenters. The van der Waals surface area contributed by atoms with Gasteiger partial charge in [-0.1, -0.05) is 0 Å². The molecule has 2 aromatic rings. The Morgan fingerprint density at radius 3 is 2.82 bits per heavy atom. The van der Waals surface area contributed by atoms with Gasteiger partial charge >= 0.3 is 0 Å². The maximum Gasteiger partial charge on any atom is 0.166 e. The smallest absolute Gasteiger partial charge is 0.166 e. The molecule has 0 amide bonds. The lowest BCUT2D eigenvalue weighted by Crippen LogP contribution is -1.88. The topological polar surface area (TPSA) is 45.9 Å². The molecule has 17 heavy (non-hydrogen) atoms. The molecule has 1 heterocycles. The van der Waals surface area contributed by atoms with Crippen molar-refractivity contribution in [2.24, 2.45) is 0 Å². The van der Waals surface area contributed by atoms with Crippen molar-refractivity contribution in [3.8, 4) is 22.4 Å². The summed E-state index contributed by atoms with van der Waals surface area (Å²) in [6.07, 6.45) is 0. The Labute approximate surface area is 110 Å². The summed E-state index contributed by atoms with van der Waals surface area (Å²) in [7, 11) is 1.41. The van der Waals surface area contributed by atoms with E-state index >= 15 is 0 Å². The maximum absolute atomic E-state index is 13.5. The number of thiazole rings is 1. The Hall–Kier alpha value is -1.45. The summed E-state index contributed by atoms with van der Waals surface area (Å²) in [5, 5.41) is 9.38. The number of rotatable bonds is 2. The van der Waals surface area contributed by atoms with Gasteiger partial charge in [-0.25, -0.2) is 9.37 Å². The summed E-state index contributed by atoms with van der Waals surface area (Å²) in [6, 6.07) is 6.53. The molecule has 1 aromatic heterocycles. The fourth-order valence-electron chi connectivity index (χ4n) is 1.29. The van der Waals surface area contributed by atoms with Crippen molar-refractivity contribution in [3.05, 3.63) is 33.5 Å². The van der Waals surface area contributed by atoms with Crippen LogP contribution in [0.3, 0.4) is 0 Å². The average Bonchev–Trinajstić information content (AvgIpc) is 2.70. The molecule has 0 radical (unpaired) electrons. The Kier molecular flexibility index (Phi) is 3.41. The largest absolute Gasteiger partial charge is 0.494 e. The molecule has 6 heteroatoms. The van der Waals surface area contributed by atoms with Gasteiger partial charge in [-0.05, 0) is 34.1 Å². The van der Waals surface area contributed by atoms with Gasteiger partial charge < -0.3 is 4.74 Å². The quantitative estimate of drug-likeness (QED) is 0.851. The van der Waals surface area contributed by atoms with Gasteiger partial charge in [0.2, 0.25) is 0 Å². The summed E-state index contributed by atoms with van der Waals surface area (Å²) in [6.45, 7) is 0. The molecule has 0 saturated heterocycles. The first-order valence-electron chi connectivity index (χ1n) is 4.56. The van der Waals surface area contributed by atoms with Gasteiger partial charge in [0.05, 0.1) is 7.11 Å². The Balaban J connectivity index is 2.47. The number of aromatic nitrogens is 1. The number of hydrogen-bond acceptors (Lipinski definition) is 4. The van der Waals surface area contributed by atoms with Crippen LogP contribution in [0.5, 0.6) is 5.75 Å². The minimum absolute atomic E-state index is 0.185. The van der Waals surface area contributed by atoms with E-state index in [1.807, 2.05) is 6.07 Å². The molecule has 0 bridgehead atoms. The maximum atomic E-state index is 13.5. The lowest BCUT2D eigenvalue weighted by atomic mass is 10.2. The van der Waals surface area contributed by atoms with Crippen LogP contribution < -0.4 is 4.74 Å². The molecule has 1 aromatic carbocycles. The molecule has 0 aliphatic heterocycles. The van der Waals surface area contributed by atoms with E-state index in [1.54, 1.807) is 6.07 Å². The van der Waals surface area contributed by atoms with Crippen LogP contribution in [0.15, 0.2) is 22.0 Å². The van der Waals surface area contributed by atoms with E-state index in [2.05, 4.69) is 20.9 Å². The number of nitriles is 1. The number of nitrogens with zero attached hydrogens (tertiary/aromatic N) is 2. The number of halogens is 2. The number of benzene rings is 1. The monoisotopic (exact) mass is 312 g/mol. The highest BCUT2D eigenvalue weighted by molar-refractivity contribution is 9.11. The van der Waals surface area contributed by atoms with E-state index in [4.69, 9.17) is 10.00 Å². The normalized spacial score (nSPS) is 10.0. The molecule has 2 rings (SSSR count). The van der Waals surface area contributed by atoms with Crippen molar-refractivity contribution in [3.63, 3.8) is 0 Å². The first kappa shape index (κ1) is 12.0. The van der Waals surface area contributed by atoms with Crippen molar-refractivity contribution < 1.29 is 9.13 Å². The summed E-state index contributed by atoms with van der Waals surface area (Å²) < 4.78 is 19.0. The second-order valence-corrected chi connectivity index (χ2v) is 5.42. The van der Waals surface area contributed by atoms with Crippen molar-refractivity contribution in [2.45, 2.75) is 0 Å². The van der Waals surface area contributed by atoms with Gasteiger partial charge in [0, 0.05) is 5.56 Å². The van der Waals surface area contributed by atoms with Gasteiger partial charge in [0.15, 0.2) is 17.3 Å². The molecule has 86 valence electrons. The van der Waals surface area contributed by atoms with Crippen molar-refractivity contribution in [1.29, 1.82) is 5.26 Å². The molecule has 0 aliphatic rings. The van der Waals surface area contributed by atoms with Crippen LogP contribution in [0.4, 0.5) is 4.39 Å². The third-order valence-electron chi connectivity index (χ3n) is 2.09. The van der Waals surface area contributed by atoms with Gasteiger partial charge in [0.25, 0.3) is 0 Å². The molecule has 0 saturated carbocycles. The lowest BCUT2D eigenvalue weighted by molar-refractivity contribution is 0.386. The molecule has 3 nitrogen and oxygen atoms in total. The standard InChI is InChI=1S/C11H6BrFN2OS/c1-16-9-3-2-6(4-7(9)13)11-15-8(5-14)10(12)17-11/h2-4H,1H3. The second-order valence-electron chi connectivity index (χ2n) is 3.10. The van der Waals surface area contributed by atoms with Crippen molar-refractivity contribution >= 4 is 27.3 Å². The summed E-state index contributed by atoms with van der Waals surface area (Å²) >= 11 is 4.53. The SMILES string of the molecule is COc1ccc(-c2nc(C#N)c(Br)s2)cc1F. The highest BCUT2D eigenvalue weighted by Crippen LogP contribution is 2.33. The molecule has 0 fully saturated rings. The van der Waals surface area contributed by atoms with Crippen LogP contribution in [-0.2, 0) is 0 Å². The summed E-state index contributed by atoms with van der Waals surface area (Å²) in [4.78, 5) is 4.10. The lowest BCUT2D eigenvalue weighted by Gasteiger charge is -2.02. The van der Waals surface area contributed by atoms with Crippen LogP contribution in [0.1, 0.15) is 5.69 Å². The molecular weight excluding hydrogens is 307 g/mol. The number of methoxy groups -OCH3 is 1. The fourth-order valence-corrected chi connectivity index (χ4v) is 2.67. The van der Waals surface area contributed by atoms with E-state index in [-0.39, 0.29) is 5.75 Å². The molecule has 0 spiro atoms. The van der Waals surface area contributed by atoms with Gasteiger partial charge in [-0.2, -0.15) is 5.26 Å². The number of hydrogen-bond donors (Lipinski definition) is 0. The van der Waals surface area contributed by atoms with E-state index in [1.165, 1.54) is 30.6 Å². The summed E-state index contributed by atoms with van der Waals surface area (Å²) in [5.74, 6) is -0.264. The minimum Gasteiger partial charge on any atom is -0.494 e. The van der Waals surface area contributed by atoms with Crippen LogP contribution in [-0.4, -0.2) is 12.1 Å². The first-order valence-corrected chi connectivity index (χ1v) is 6.17. The van der Waals surface area contributed by atoms with Crippen molar-refractivity contribution in [1.82, 2.24) is 4.98 Å². The van der Waals surface area contributed by atoms with Crippen LogP contribution in [0.25, 0.3) is 10.6 Å². The first-order chi connectivity index (χ1) is 8.15. The predicted octanol–water partition coefficient (Wildman–Crippen LogP) is 3.59. The fraction of sp³-hybridized carbons (Fsp3) is 0.0909. The minimum atomic E-state index is -0.449. The van der Waals surface area contributed by atoms with Crippen molar-refractivity contribution in [2.75, 3.05) is 7.11 Å². The second kappa shape index (κ2) is 4.82. The zero-order valence-electron chi connectivity index (χ0n) is 8.70. The third kappa shape index (κ3) is 2.30. The van der Waals surface area contributed by atoms with Gasteiger partial charge in [-0.15, -0.1) is 11.3 Å². The highest BCUT2D eigenvalue weighted by Gasteiger charge is 2.12. The average molecular weight is 313 g/mol. The van der Waals surface area contributed by atoms with Crippen LogP contribution in [0, 0.1) is 17.1 Å². The van der Waals surface area contributed by atoms with Crippen LogP contribution in [0.2, 0.25) is 0 Å². The zero-order chi connectivity index (χ0) is 12.4. The molecule has 0 aliphatic carbocycles. The Bertz CT molecular complexity index is 606. The van der Waals surface area contributed by atoms with E-state index in [0.717, 1.165) is 0 Å². The molecular formula is C11H6BrFN2OS. The highest BCUT2D eigenvalue weighted by atomic mass is 79.9. The Morgan fingerprint density at radius 1 is 1.53 bits per heavy atom. The Morgan fingerprint density at radius 2 is 2.29 bits per heavy atom. The predicted molar refractivity (Wildman–Crippen MR) is 66.5 cm³/mol. The van der Waals surface area contributed by atoms with E-state index < -0.39 is 5.82 Å². The van der Waals surface area contributed by atoms with E-state index in [9.17, 15) is 4.39 Å². The summed E-state index contributed by atoms with van der Waals surface area (Å²) in [5.41, 5.74) is 0.928. The molecule has 0 unspecified atom stereocenters. The third-order valence-corrected chi connectivity index (χ3v) is 3.84. The number of ether oxygens (including phenoxy) is 1. The zero-order valence-corrected chi connectivity index (χ0v) is 11.1. The van der Waals surface area contributed by atoms with Gasteiger partial charge in [0.1, 0.15) is 14.9 Å². The van der Waals surface area contributed by atoms with Crippen LogP contribution >= 0.6 is 27.3 Å². The molecule has 0 N–H and O–H groups in total.